The van der Waals surface area contributed by atoms with Gasteiger partial charge in [0.1, 0.15) is 5.82 Å². The second-order valence-electron chi connectivity index (χ2n) is 15.5. The smallest absolute Gasteiger partial charge is 0.355 e. The molecule has 294 valence electrons. The molecule has 1 aliphatic rings. The van der Waals surface area contributed by atoms with Crippen LogP contribution in [-0.4, -0.2) is 23.3 Å². The maximum atomic E-state index is 5.08. The molecule has 2 aromatic heterocycles. The first kappa shape index (κ1) is 38.2. The number of hydrogen-bond acceptors (Lipinski definition) is 3. The summed E-state index contributed by atoms with van der Waals surface area (Å²) in [7, 11) is 2.15. The van der Waals surface area contributed by atoms with Crippen LogP contribution >= 0.6 is 0 Å². The van der Waals surface area contributed by atoms with Gasteiger partial charge in [-0.2, -0.15) is 36.4 Å². The first-order valence-electron chi connectivity index (χ1n) is 20.5. The van der Waals surface area contributed by atoms with Crippen LogP contribution in [0.1, 0.15) is 22.3 Å². The summed E-state index contributed by atoms with van der Waals surface area (Å²) in [6, 6.07) is 81.8. The van der Waals surface area contributed by atoms with Crippen LogP contribution in [0.5, 0.6) is 0 Å². The molecule has 0 bridgehead atoms. The minimum atomic E-state index is -0.775. The number of rotatable bonds is 8. The average Bonchev–Trinajstić information content (AvgIpc) is 3.84. The molecule has 0 amide bonds. The summed E-state index contributed by atoms with van der Waals surface area (Å²) in [6.45, 7) is 0.739. The van der Waals surface area contributed by atoms with Crippen LogP contribution in [0.4, 0.5) is 17.1 Å². The number of hydrogen-bond donors (Lipinski definition) is 0. The Morgan fingerprint density at radius 3 is 1.85 bits per heavy atom. The molecular formula is C56H40N4Pt. The first-order valence-corrected chi connectivity index (χ1v) is 20.5. The van der Waals surface area contributed by atoms with E-state index in [2.05, 4.69) is 240 Å². The monoisotopic (exact) mass is 963 g/mol. The fourth-order valence-corrected chi connectivity index (χ4v) is 9.39. The Hall–Kier alpha value is -7.00. The largest absolute Gasteiger partial charge is 2.00 e. The van der Waals surface area contributed by atoms with E-state index in [9.17, 15) is 0 Å². The Balaban J connectivity index is 0.00000445. The van der Waals surface area contributed by atoms with Gasteiger partial charge in [-0.05, 0) is 69.1 Å². The number of benzene rings is 8. The van der Waals surface area contributed by atoms with Crippen LogP contribution in [0.15, 0.2) is 212 Å². The van der Waals surface area contributed by atoms with Gasteiger partial charge in [0.25, 0.3) is 0 Å². The summed E-state index contributed by atoms with van der Waals surface area (Å²) in [5.74, 6) is 0.838. The first-order chi connectivity index (χ1) is 29.7. The van der Waals surface area contributed by atoms with Crippen molar-refractivity contribution in [2.75, 3.05) is 23.5 Å². The Morgan fingerprint density at radius 2 is 1.11 bits per heavy atom. The molecule has 0 fully saturated rings. The van der Waals surface area contributed by atoms with Gasteiger partial charge in [-0.3, -0.25) is 0 Å². The van der Waals surface area contributed by atoms with Gasteiger partial charge in [-0.15, -0.1) is 22.6 Å². The van der Waals surface area contributed by atoms with Crippen LogP contribution in [0.25, 0.3) is 49.9 Å². The van der Waals surface area contributed by atoms with Crippen molar-refractivity contribution in [3.8, 4) is 28.1 Å². The summed E-state index contributed by atoms with van der Waals surface area (Å²) < 4.78 is 2.29. The Kier molecular flexibility index (Phi) is 9.95. The van der Waals surface area contributed by atoms with Crippen molar-refractivity contribution in [2.24, 2.45) is 0 Å². The molecule has 11 rings (SSSR count). The molecule has 0 saturated heterocycles. The molecule has 61 heavy (non-hydrogen) atoms. The Morgan fingerprint density at radius 1 is 0.508 bits per heavy atom. The van der Waals surface area contributed by atoms with E-state index in [1.165, 1.54) is 22.5 Å². The second kappa shape index (κ2) is 15.9. The minimum Gasteiger partial charge on any atom is -0.355 e. The molecule has 3 heterocycles. The van der Waals surface area contributed by atoms with Crippen molar-refractivity contribution in [3.05, 3.63) is 247 Å². The van der Waals surface area contributed by atoms with Gasteiger partial charge in [-0.25, -0.2) is 4.98 Å². The van der Waals surface area contributed by atoms with Crippen molar-refractivity contribution >= 4 is 38.9 Å². The molecular weight excluding hydrogens is 924 g/mol. The van der Waals surface area contributed by atoms with Crippen LogP contribution in [0.3, 0.4) is 0 Å². The fraction of sp³-hybridized carbons (Fsp3) is 0.0536. The third-order valence-electron chi connectivity index (χ3n) is 12.1. The van der Waals surface area contributed by atoms with Gasteiger partial charge in [0.05, 0.1) is 18.0 Å². The summed E-state index contributed by atoms with van der Waals surface area (Å²) in [5, 5.41) is 2.28. The summed E-state index contributed by atoms with van der Waals surface area (Å²) in [6.07, 6.45) is 1.93. The third-order valence-corrected chi connectivity index (χ3v) is 12.1. The number of pyridine rings is 1. The molecule has 0 atom stereocenters. The fourth-order valence-electron chi connectivity index (χ4n) is 9.39. The van der Waals surface area contributed by atoms with Crippen molar-refractivity contribution in [2.45, 2.75) is 5.41 Å². The van der Waals surface area contributed by atoms with E-state index >= 15 is 0 Å². The quantitative estimate of drug-likeness (QED) is 0.112. The van der Waals surface area contributed by atoms with Crippen LogP contribution in [0, 0.1) is 12.1 Å². The topological polar surface area (TPSA) is 24.3 Å². The third kappa shape index (κ3) is 6.38. The summed E-state index contributed by atoms with van der Waals surface area (Å²) >= 11 is 0. The van der Waals surface area contributed by atoms with Crippen LogP contribution in [0.2, 0.25) is 0 Å². The predicted molar refractivity (Wildman–Crippen MR) is 247 cm³/mol. The molecule has 0 unspecified atom stereocenters. The summed E-state index contributed by atoms with van der Waals surface area (Å²) in [4.78, 5) is 9.74. The number of anilines is 3. The van der Waals surface area contributed by atoms with Crippen molar-refractivity contribution < 1.29 is 21.1 Å². The van der Waals surface area contributed by atoms with Crippen LogP contribution in [-0.2, 0) is 26.5 Å². The van der Waals surface area contributed by atoms with Crippen molar-refractivity contribution in [1.29, 1.82) is 0 Å². The van der Waals surface area contributed by atoms with E-state index < -0.39 is 5.41 Å². The van der Waals surface area contributed by atoms with Gasteiger partial charge in [0.2, 0.25) is 0 Å². The minimum absolute atomic E-state index is 0. The molecule has 0 spiro atoms. The number of para-hydroxylation sites is 3. The molecule has 5 heteroatoms. The molecule has 0 saturated carbocycles. The zero-order chi connectivity index (χ0) is 40.0. The molecule has 0 N–H and O–H groups in total. The van der Waals surface area contributed by atoms with Gasteiger partial charge in [-0.1, -0.05) is 157 Å². The van der Waals surface area contributed by atoms with Gasteiger partial charge in [0.15, 0.2) is 0 Å². The average molecular weight is 964 g/mol. The van der Waals surface area contributed by atoms with Gasteiger partial charge >= 0.3 is 21.1 Å². The molecule has 0 radical (unpaired) electrons. The van der Waals surface area contributed by atoms with E-state index in [1.54, 1.807) is 0 Å². The molecule has 8 aromatic carbocycles. The number of aromatic nitrogens is 2. The molecule has 4 nitrogen and oxygen atoms in total. The SMILES string of the molecule is CN1CN(c2[c-]c(C(c3[c-]c4c(cc3)c3ccccc3n4-c3cc(-c4ccccc4-c4ccccc4)ccn3)(c3ccccc3)c3ccccc3)ccc2)c2ccccc21.[Pt+2]. The van der Waals surface area contributed by atoms with Crippen LogP contribution < -0.4 is 9.80 Å². The Bertz CT molecular complexity index is 3120. The number of fused-ring (bicyclic) bond motifs is 4. The van der Waals surface area contributed by atoms with Gasteiger partial charge in [0, 0.05) is 24.2 Å². The van der Waals surface area contributed by atoms with Crippen molar-refractivity contribution in [3.63, 3.8) is 0 Å². The molecule has 0 aliphatic carbocycles. The molecule has 10 aromatic rings. The summed E-state index contributed by atoms with van der Waals surface area (Å²) in [5.41, 5.74) is 13.7. The van der Waals surface area contributed by atoms with E-state index in [-0.39, 0.29) is 21.1 Å². The maximum absolute atomic E-state index is 5.08. The van der Waals surface area contributed by atoms with E-state index in [0.717, 1.165) is 73.4 Å². The maximum Gasteiger partial charge on any atom is 2.00 e. The van der Waals surface area contributed by atoms with E-state index in [0.29, 0.717) is 0 Å². The zero-order valence-electron chi connectivity index (χ0n) is 33.5. The zero-order valence-corrected chi connectivity index (χ0v) is 35.8. The Labute approximate surface area is 371 Å². The predicted octanol–water partition coefficient (Wildman–Crippen LogP) is 13.0. The normalized spacial score (nSPS) is 12.4. The molecule has 1 aliphatic heterocycles. The van der Waals surface area contributed by atoms with E-state index in [4.69, 9.17) is 4.98 Å². The second-order valence-corrected chi connectivity index (χ2v) is 15.5. The van der Waals surface area contributed by atoms with Crippen molar-refractivity contribution in [1.82, 2.24) is 9.55 Å². The van der Waals surface area contributed by atoms with E-state index in [1.807, 2.05) is 6.20 Å². The standard InChI is InChI=1S/C56H40N4.Pt/c1-58-39-59(53-31-16-15-30-52(53)58)46-25-17-24-44(37-46)56(42-20-7-3-8-21-42,43-22-9-4-10-23-43)45-32-33-50-49-28-13-14-29-51(49)60(54(50)38-45)55-36-41(34-35-57-55)48-27-12-11-26-47(48)40-18-5-2-6-19-40;/h2-36H,39H2,1H3;/q-2;+2. The van der Waals surface area contributed by atoms with Gasteiger partial charge < -0.3 is 14.4 Å². The number of nitrogens with zero attached hydrogens (tertiary/aromatic N) is 4.